The number of nitrogens with zero attached hydrogens (tertiary/aromatic N) is 5. The summed E-state index contributed by atoms with van der Waals surface area (Å²) in [6.07, 6.45) is 10.1. The highest BCUT2D eigenvalue weighted by Gasteiger charge is 2.43. The van der Waals surface area contributed by atoms with E-state index in [2.05, 4.69) is 46.1 Å². The number of para-hydroxylation sites is 1. The zero-order valence-electron chi connectivity index (χ0n) is 16.0. The van der Waals surface area contributed by atoms with Crippen LogP contribution < -0.4 is 11.1 Å². The van der Waals surface area contributed by atoms with Gasteiger partial charge in [-0.05, 0) is 23.6 Å². The van der Waals surface area contributed by atoms with Gasteiger partial charge in [-0.1, -0.05) is 48.6 Å². The molecule has 3 atom stereocenters. The summed E-state index contributed by atoms with van der Waals surface area (Å²) in [5.74, 6) is 1.12. The first-order chi connectivity index (χ1) is 14.8. The molecule has 1 aromatic carbocycles. The molecule has 0 spiro atoms. The fourth-order valence-electron chi connectivity index (χ4n) is 4.14. The summed E-state index contributed by atoms with van der Waals surface area (Å²) in [7, 11) is 0. The minimum Gasteiger partial charge on any atom is -0.370 e. The van der Waals surface area contributed by atoms with Crippen molar-refractivity contribution >= 4 is 23.3 Å². The van der Waals surface area contributed by atoms with E-state index >= 15 is 0 Å². The number of hydrogen-bond acceptors (Lipinski definition) is 7. The van der Waals surface area contributed by atoms with Crippen molar-refractivity contribution in [2.24, 2.45) is 15.7 Å². The second-order valence-corrected chi connectivity index (χ2v) is 8.26. The summed E-state index contributed by atoms with van der Waals surface area (Å²) in [5, 5.41) is 10.1. The Bertz CT molecular complexity index is 1200. The van der Waals surface area contributed by atoms with Crippen molar-refractivity contribution in [3.05, 3.63) is 83.9 Å². The molecular weight excluding hydrogens is 394 g/mol. The maximum Gasteiger partial charge on any atom is 0.204 e. The molecule has 3 aliphatic rings. The van der Waals surface area contributed by atoms with Gasteiger partial charge in [0.2, 0.25) is 5.96 Å². The van der Waals surface area contributed by atoms with Crippen LogP contribution in [0.15, 0.2) is 88.3 Å². The Hall–Kier alpha value is -3.65. The normalized spacial score (nSPS) is 24.1. The third kappa shape index (κ3) is 2.68. The van der Waals surface area contributed by atoms with Crippen molar-refractivity contribution in [1.82, 2.24) is 20.0 Å². The predicted molar refractivity (Wildman–Crippen MR) is 120 cm³/mol. The first-order valence-corrected chi connectivity index (χ1v) is 10.7. The third-order valence-corrected chi connectivity index (χ3v) is 6.35. The monoisotopic (exact) mass is 413 g/mol. The zero-order chi connectivity index (χ0) is 20.1. The van der Waals surface area contributed by atoms with E-state index in [1.807, 2.05) is 47.2 Å². The molecule has 1 aliphatic carbocycles. The van der Waals surface area contributed by atoms with Gasteiger partial charge in [-0.3, -0.25) is 5.32 Å². The molecule has 4 heterocycles. The molecule has 7 nitrogen and oxygen atoms in total. The number of aliphatic imine (C=N–C) groups is 2. The van der Waals surface area contributed by atoms with E-state index in [0.29, 0.717) is 5.96 Å². The zero-order valence-corrected chi connectivity index (χ0v) is 16.8. The summed E-state index contributed by atoms with van der Waals surface area (Å²) in [6.45, 7) is 0. The Kier molecular flexibility index (Phi) is 3.85. The summed E-state index contributed by atoms with van der Waals surface area (Å²) in [6, 6.07) is 14.4. The van der Waals surface area contributed by atoms with Gasteiger partial charge in [-0.15, -0.1) is 11.3 Å². The minimum absolute atomic E-state index is 0.0513. The molecule has 0 amide bonds. The van der Waals surface area contributed by atoms with Crippen LogP contribution in [0.5, 0.6) is 0 Å². The molecular formula is C22H19N7S. The van der Waals surface area contributed by atoms with Crippen LogP contribution in [0.1, 0.15) is 11.7 Å². The Balaban J connectivity index is 1.51. The Morgan fingerprint density at radius 1 is 1.00 bits per heavy atom. The van der Waals surface area contributed by atoms with E-state index in [0.717, 1.165) is 27.8 Å². The van der Waals surface area contributed by atoms with Crippen molar-refractivity contribution < 1.29 is 0 Å². The molecule has 148 valence electrons. The smallest absolute Gasteiger partial charge is 0.204 e. The van der Waals surface area contributed by atoms with Crippen LogP contribution in [0, 0.1) is 0 Å². The number of fused-ring (bicyclic) bond motifs is 3. The highest BCUT2D eigenvalue weighted by Crippen LogP contribution is 2.39. The first-order valence-electron chi connectivity index (χ1n) is 9.78. The van der Waals surface area contributed by atoms with Gasteiger partial charge in [-0.2, -0.15) is 5.10 Å². The molecule has 0 saturated heterocycles. The summed E-state index contributed by atoms with van der Waals surface area (Å²) in [5.41, 5.74) is 9.08. The van der Waals surface area contributed by atoms with Gasteiger partial charge in [0.05, 0.1) is 22.6 Å². The van der Waals surface area contributed by atoms with Crippen LogP contribution in [0.4, 0.5) is 0 Å². The lowest BCUT2D eigenvalue weighted by molar-refractivity contribution is 0.278. The molecule has 0 bridgehead atoms. The van der Waals surface area contributed by atoms with Gasteiger partial charge in [0, 0.05) is 11.8 Å². The third-order valence-electron chi connectivity index (χ3n) is 5.48. The highest BCUT2D eigenvalue weighted by molar-refractivity contribution is 7.13. The lowest BCUT2D eigenvalue weighted by Gasteiger charge is -2.36. The van der Waals surface area contributed by atoms with Crippen LogP contribution >= 0.6 is 11.3 Å². The fourth-order valence-corrected chi connectivity index (χ4v) is 4.87. The molecule has 3 aromatic rings. The van der Waals surface area contributed by atoms with Crippen molar-refractivity contribution in [2.75, 3.05) is 0 Å². The van der Waals surface area contributed by atoms with Gasteiger partial charge >= 0.3 is 0 Å². The summed E-state index contributed by atoms with van der Waals surface area (Å²) >= 11 is 1.67. The lowest BCUT2D eigenvalue weighted by atomic mass is 10.0. The number of benzene rings is 1. The van der Waals surface area contributed by atoms with Crippen LogP contribution in [0.25, 0.3) is 16.3 Å². The number of rotatable bonds is 3. The van der Waals surface area contributed by atoms with Crippen LogP contribution in [0.2, 0.25) is 0 Å². The van der Waals surface area contributed by atoms with Crippen LogP contribution in [0.3, 0.4) is 0 Å². The SMILES string of the molecule is NC1=NC(c2cn(-c3ccccc3)nc2-c2cccs2)N2C(=NC3C=CC=CC32)N1. The number of thiophene rings is 1. The Labute approximate surface area is 177 Å². The van der Waals surface area contributed by atoms with E-state index in [9.17, 15) is 0 Å². The number of hydrogen-bond donors (Lipinski definition) is 2. The molecule has 0 radical (unpaired) electrons. The molecule has 2 aromatic heterocycles. The van der Waals surface area contributed by atoms with E-state index in [1.165, 1.54) is 0 Å². The molecule has 3 N–H and O–H groups in total. The van der Waals surface area contributed by atoms with Crippen molar-refractivity contribution in [1.29, 1.82) is 0 Å². The van der Waals surface area contributed by atoms with Gasteiger partial charge in [-0.25, -0.2) is 14.7 Å². The second-order valence-electron chi connectivity index (χ2n) is 7.31. The van der Waals surface area contributed by atoms with Gasteiger partial charge in [0.25, 0.3) is 0 Å². The summed E-state index contributed by atoms with van der Waals surface area (Å²) in [4.78, 5) is 12.9. The minimum atomic E-state index is -0.314. The van der Waals surface area contributed by atoms with E-state index in [4.69, 9.17) is 20.8 Å². The summed E-state index contributed by atoms with van der Waals surface area (Å²) < 4.78 is 1.92. The van der Waals surface area contributed by atoms with Gasteiger partial charge in [0.15, 0.2) is 12.1 Å². The molecule has 0 saturated carbocycles. The molecule has 8 heteroatoms. The lowest BCUT2D eigenvalue weighted by Crippen LogP contribution is -2.53. The second kappa shape index (κ2) is 6.70. The van der Waals surface area contributed by atoms with E-state index < -0.39 is 0 Å². The van der Waals surface area contributed by atoms with Gasteiger partial charge < -0.3 is 10.6 Å². The number of guanidine groups is 2. The number of allylic oxidation sites excluding steroid dienone is 2. The highest BCUT2D eigenvalue weighted by atomic mass is 32.1. The van der Waals surface area contributed by atoms with Crippen LogP contribution in [-0.4, -0.2) is 38.7 Å². The first kappa shape index (κ1) is 17.2. The fraction of sp³-hybridized carbons (Fsp3) is 0.136. The van der Waals surface area contributed by atoms with E-state index in [1.54, 1.807) is 11.3 Å². The maximum absolute atomic E-state index is 6.17. The van der Waals surface area contributed by atoms with Crippen molar-refractivity contribution in [2.45, 2.75) is 18.2 Å². The topological polar surface area (TPSA) is 83.8 Å². The largest absolute Gasteiger partial charge is 0.370 e. The quantitative estimate of drug-likeness (QED) is 0.691. The van der Waals surface area contributed by atoms with Crippen LogP contribution in [-0.2, 0) is 0 Å². The average molecular weight is 414 g/mol. The Morgan fingerprint density at radius 2 is 1.87 bits per heavy atom. The van der Waals surface area contributed by atoms with Crippen molar-refractivity contribution in [3.8, 4) is 16.3 Å². The molecule has 6 rings (SSSR count). The standard InChI is InChI=1S/C22H19N7S/c23-21-25-20(29-17-10-5-4-9-16(17)24-22(29)26-21)15-13-28(14-7-2-1-3-8-14)27-19(15)18-11-6-12-30-18/h1-13,16-17,20H,(H3,23,24,25,26). The number of aromatic nitrogens is 2. The predicted octanol–water partition coefficient (Wildman–Crippen LogP) is 3.05. The number of nitrogens with two attached hydrogens (primary N) is 1. The maximum atomic E-state index is 6.17. The Morgan fingerprint density at radius 3 is 2.70 bits per heavy atom. The average Bonchev–Trinajstić information content (AvgIpc) is 3.51. The molecule has 0 fully saturated rings. The molecule has 30 heavy (non-hydrogen) atoms. The van der Waals surface area contributed by atoms with Gasteiger partial charge in [0.1, 0.15) is 5.69 Å². The molecule has 2 aliphatic heterocycles. The van der Waals surface area contributed by atoms with E-state index in [-0.39, 0.29) is 18.2 Å². The molecule has 3 unspecified atom stereocenters. The van der Waals surface area contributed by atoms with Crippen molar-refractivity contribution in [3.63, 3.8) is 0 Å². The number of nitrogens with one attached hydrogen (secondary N) is 1.